The molecule has 0 bridgehead atoms. The summed E-state index contributed by atoms with van der Waals surface area (Å²) in [6.45, 7) is 5.91. The van der Waals surface area contributed by atoms with Crippen LogP contribution in [0.15, 0.2) is 23.7 Å². The summed E-state index contributed by atoms with van der Waals surface area (Å²) in [5.41, 5.74) is 2.46. The first kappa shape index (κ1) is 18.7. The van der Waals surface area contributed by atoms with E-state index in [0.29, 0.717) is 31.1 Å². The van der Waals surface area contributed by atoms with E-state index in [1.165, 1.54) is 11.3 Å². The van der Waals surface area contributed by atoms with Gasteiger partial charge in [0.1, 0.15) is 5.82 Å². The van der Waals surface area contributed by atoms with Crippen molar-refractivity contribution < 1.29 is 9.53 Å². The number of hydrogen-bond acceptors (Lipinski definition) is 8. The predicted octanol–water partition coefficient (Wildman–Crippen LogP) is 4.03. The van der Waals surface area contributed by atoms with Gasteiger partial charge in [-0.15, -0.1) is 22.7 Å². The van der Waals surface area contributed by atoms with E-state index in [0.717, 1.165) is 39.2 Å². The van der Waals surface area contributed by atoms with Gasteiger partial charge in [0, 0.05) is 18.1 Å². The van der Waals surface area contributed by atoms with Crippen LogP contribution in [-0.4, -0.2) is 51.1 Å². The summed E-state index contributed by atoms with van der Waals surface area (Å²) in [6.07, 6.45) is 3.69. The van der Waals surface area contributed by atoms with Crippen LogP contribution in [0.25, 0.3) is 10.6 Å². The average molecular weight is 428 g/mol. The molecule has 2 aliphatic rings. The van der Waals surface area contributed by atoms with Crippen LogP contribution < -0.4 is 5.32 Å². The van der Waals surface area contributed by atoms with E-state index in [1.807, 2.05) is 36.3 Å². The molecule has 2 fully saturated rings. The summed E-state index contributed by atoms with van der Waals surface area (Å²) in [5, 5.41) is 7.05. The standard InChI is InChI=1S/C20H21N5O2S2/c1-12-17(29-13(2)22-12)15-10-28-19(23-15)24-16-4-3-14(9-21-16)18(26)25-7-8-27-11-20(25)5-6-20/h3-4,9-10H,5-8,11H2,1-2H3,(H,21,23,24). The number of hydrogen-bond donors (Lipinski definition) is 1. The Kier molecular flexibility index (Phi) is 4.60. The zero-order valence-corrected chi connectivity index (χ0v) is 17.9. The molecule has 9 heteroatoms. The van der Waals surface area contributed by atoms with Gasteiger partial charge in [0.05, 0.1) is 45.6 Å². The lowest BCUT2D eigenvalue weighted by Crippen LogP contribution is -2.50. The number of morpholine rings is 1. The van der Waals surface area contributed by atoms with Crippen molar-refractivity contribution in [3.05, 3.63) is 40.0 Å². The van der Waals surface area contributed by atoms with Gasteiger partial charge in [-0.1, -0.05) is 0 Å². The number of aromatic nitrogens is 3. The fourth-order valence-electron chi connectivity index (χ4n) is 3.67. The number of rotatable bonds is 4. The maximum Gasteiger partial charge on any atom is 0.256 e. The molecule has 0 radical (unpaired) electrons. The molecular formula is C20H21N5O2S2. The molecule has 0 aromatic carbocycles. The van der Waals surface area contributed by atoms with E-state index in [2.05, 4.69) is 20.3 Å². The van der Waals surface area contributed by atoms with Gasteiger partial charge < -0.3 is 15.0 Å². The third kappa shape index (κ3) is 3.54. The number of thiazole rings is 2. The lowest BCUT2D eigenvalue weighted by molar-refractivity contribution is -0.0117. The topological polar surface area (TPSA) is 80.2 Å². The Morgan fingerprint density at radius 2 is 2.14 bits per heavy atom. The van der Waals surface area contributed by atoms with Crippen molar-refractivity contribution in [1.29, 1.82) is 0 Å². The van der Waals surface area contributed by atoms with Gasteiger partial charge in [0.15, 0.2) is 5.13 Å². The van der Waals surface area contributed by atoms with Crippen molar-refractivity contribution in [2.75, 3.05) is 25.1 Å². The van der Waals surface area contributed by atoms with Crippen LogP contribution in [-0.2, 0) is 4.74 Å². The maximum absolute atomic E-state index is 12.9. The third-order valence-electron chi connectivity index (χ3n) is 5.36. The molecule has 150 valence electrons. The average Bonchev–Trinajstić information content (AvgIpc) is 3.17. The van der Waals surface area contributed by atoms with Crippen molar-refractivity contribution >= 4 is 39.5 Å². The molecule has 3 aromatic rings. The van der Waals surface area contributed by atoms with Gasteiger partial charge in [-0.05, 0) is 38.8 Å². The number of ether oxygens (including phenoxy) is 1. The van der Waals surface area contributed by atoms with E-state index in [1.54, 1.807) is 17.5 Å². The number of carbonyl (C=O) groups excluding carboxylic acids is 1. The van der Waals surface area contributed by atoms with E-state index in [-0.39, 0.29) is 11.4 Å². The first-order valence-electron chi connectivity index (χ1n) is 9.57. The molecule has 1 saturated heterocycles. The molecular weight excluding hydrogens is 406 g/mol. The number of aryl methyl sites for hydroxylation is 2. The molecule has 29 heavy (non-hydrogen) atoms. The fraction of sp³-hybridized carbons (Fsp3) is 0.400. The number of pyridine rings is 1. The van der Waals surface area contributed by atoms with Crippen molar-refractivity contribution in [3.63, 3.8) is 0 Å². The van der Waals surface area contributed by atoms with Gasteiger partial charge in [-0.3, -0.25) is 4.79 Å². The number of carbonyl (C=O) groups is 1. The Balaban J connectivity index is 1.29. The zero-order valence-electron chi connectivity index (χ0n) is 16.3. The summed E-state index contributed by atoms with van der Waals surface area (Å²) >= 11 is 3.18. The minimum absolute atomic E-state index is 0.0393. The van der Waals surface area contributed by atoms with Crippen molar-refractivity contribution in [3.8, 4) is 10.6 Å². The highest BCUT2D eigenvalue weighted by molar-refractivity contribution is 7.16. The smallest absolute Gasteiger partial charge is 0.256 e. The van der Waals surface area contributed by atoms with Crippen LogP contribution in [0.4, 0.5) is 10.9 Å². The maximum atomic E-state index is 12.9. The second-order valence-corrected chi connectivity index (χ2v) is 9.54. The van der Waals surface area contributed by atoms with Crippen LogP contribution in [0.5, 0.6) is 0 Å². The van der Waals surface area contributed by atoms with Gasteiger partial charge in [-0.2, -0.15) is 0 Å². The highest BCUT2D eigenvalue weighted by Crippen LogP contribution is 2.44. The summed E-state index contributed by atoms with van der Waals surface area (Å²) in [4.78, 5) is 29.5. The lowest BCUT2D eigenvalue weighted by Gasteiger charge is -2.36. The van der Waals surface area contributed by atoms with Gasteiger partial charge >= 0.3 is 0 Å². The van der Waals surface area contributed by atoms with Crippen molar-refractivity contribution in [2.45, 2.75) is 32.2 Å². The van der Waals surface area contributed by atoms with E-state index < -0.39 is 0 Å². The number of nitrogens with zero attached hydrogens (tertiary/aromatic N) is 4. The normalized spacial score (nSPS) is 17.5. The highest BCUT2D eigenvalue weighted by atomic mass is 32.1. The molecule has 1 N–H and O–H groups in total. The monoisotopic (exact) mass is 427 g/mol. The molecule has 5 rings (SSSR count). The second-order valence-electron chi connectivity index (χ2n) is 7.48. The van der Waals surface area contributed by atoms with Crippen molar-refractivity contribution in [2.24, 2.45) is 0 Å². The van der Waals surface area contributed by atoms with Crippen LogP contribution in [0.2, 0.25) is 0 Å². The Morgan fingerprint density at radius 1 is 1.28 bits per heavy atom. The van der Waals surface area contributed by atoms with E-state index in [9.17, 15) is 4.79 Å². The van der Waals surface area contributed by atoms with Crippen LogP contribution in [0.3, 0.4) is 0 Å². The Morgan fingerprint density at radius 3 is 2.83 bits per heavy atom. The molecule has 0 unspecified atom stereocenters. The third-order valence-corrected chi connectivity index (χ3v) is 7.21. The summed E-state index contributed by atoms with van der Waals surface area (Å²) in [6, 6.07) is 3.66. The molecule has 1 aliphatic heterocycles. The van der Waals surface area contributed by atoms with Crippen LogP contribution in [0.1, 0.15) is 33.9 Å². The summed E-state index contributed by atoms with van der Waals surface area (Å²) in [7, 11) is 0. The quantitative estimate of drug-likeness (QED) is 0.677. The molecule has 4 heterocycles. The SMILES string of the molecule is Cc1nc(C)c(-c2csc(Nc3ccc(C(=O)N4CCOCC45CC5)cn3)n2)s1. The molecule has 1 saturated carbocycles. The van der Waals surface area contributed by atoms with Gasteiger partial charge in [0.25, 0.3) is 5.91 Å². The van der Waals surface area contributed by atoms with Gasteiger partial charge in [0.2, 0.25) is 0 Å². The molecule has 1 aliphatic carbocycles. The van der Waals surface area contributed by atoms with Crippen LogP contribution in [0, 0.1) is 13.8 Å². The van der Waals surface area contributed by atoms with Crippen LogP contribution >= 0.6 is 22.7 Å². The Bertz CT molecular complexity index is 1060. The second kappa shape index (κ2) is 7.16. The zero-order chi connectivity index (χ0) is 20.0. The minimum atomic E-state index is -0.0727. The first-order chi connectivity index (χ1) is 14.0. The molecule has 0 atom stereocenters. The Labute approximate surface area is 176 Å². The van der Waals surface area contributed by atoms with E-state index in [4.69, 9.17) is 4.74 Å². The summed E-state index contributed by atoms with van der Waals surface area (Å²) < 4.78 is 5.56. The lowest BCUT2D eigenvalue weighted by atomic mass is 10.1. The number of amides is 1. The first-order valence-corrected chi connectivity index (χ1v) is 11.3. The molecule has 1 spiro atoms. The fourth-order valence-corrected chi connectivity index (χ4v) is 5.34. The largest absolute Gasteiger partial charge is 0.377 e. The van der Waals surface area contributed by atoms with Crippen molar-refractivity contribution in [1.82, 2.24) is 19.9 Å². The minimum Gasteiger partial charge on any atom is -0.377 e. The molecule has 3 aromatic heterocycles. The van der Waals surface area contributed by atoms with Gasteiger partial charge in [-0.25, -0.2) is 15.0 Å². The summed E-state index contributed by atoms with van der Waals surface area (Å²) in [5.74, 6) is 0.709. The molecule has 1 amide bonds. The molecule has 7 nitrogen and oxygen atoms in total. The van der Waals surface area contributed by atoms with E-state index >= 15 is 0 Å². The number of anilines is 2. The highest BCUT2D eigenvalue weighted by Gasteiger charge is 2.52. The Hall–Kier alpha value is -2.36. The number of nitrogens with one attached hydrogen (secondary N) is 1. The predicted molar refractivity (Wildman–Crippen MR) is 114 cm³/mol.